The van der Waals surface area contributed by atoms with Crippen LogP contribution in [-0.4, -0.2) is 63.2 Å². The second kappa shape index (κ2) is 13.0. The van der Waals surface area contributed by atoms with Crippen molar-refractivity contribution in [2.24, 2.45) is 10.9 Å². The topological polar surface area (TPSA) is 79.1 Å². The second-order valence-electron chi connectivity index (χ2n) is 6.23. The highest BCUT2D eigenvalue weighted by Gasteiger charge is 2.15. The van der Waals surface area contributed by atoms with Gasteiger partial charge < -0.3 is 24.7 Å². The van der Waals surface area contributed by atoms with E-state index in [-0.39, 0.29) is 29.9 Å². The molecule has 1 aromatic heterocycles. The van der Waals surface area contributed by atoms with Gasteiger partial charge >= 0.3 is 0 Å². The van der Waals surface area contributed by atoms with Gasteiger partial charge in [-0.05, 0) is 44.2 Å². The molecule has 7 nitrogen and oxygen atoms in total. The Morgan fingerprint density at radius 3 is 2.77 bits per heavy atom. The summed E-state index contributed by atoms with van der Waals surface area (Å²) in [6, 6.07) is 3.34. The van der Waals surface area contributed by atoms with E-state index in [0.717, 1.165) is 57.4 Å². The predicted octanol–water partition coefficient (Wildman–Crippen LogP) is 2.34. The lowest BCUT2D eigenvalue weighted by Gasteiger charge is -2.26. The van der Waals surface area contributed by atoms with Crippen molar-refractivity contribution in [2.75, 3.05) is 46.4 Å². The normalized spacial score (nSPS) is 15.2. The summed E-state index contributed by atoms with van der Waals surface area (Å²) in [5.74, 6) is 1.73. The van der Waals surface area contributed by atoms with Gasteiger partial charge in [-0.1, -0.05) is 0 Å². The Kier molecular flexibility index (Phi) is 11.3. The maximum Gasteiger partial charge on any atom is 0.287 e. The summed E-state index contributed by atoms with van der Waals surface area (Å²) in [7, 11) is 2.06. The Hall–Kier alpha value is -1.29. The molecule has 0 atom stereocenters. The number of nitrogens with one attached hydrogen (secondary N) is 2. The van der Waals surface area contributed by atoms with E-state index in [4.69, 9.17) is 9.15 Å². The Morgan fingerprint density at radius 2 is 2.12 bits per heavy atom. The first-order chi connectivity index (χ1) is 12.2. The molecule has 0 radical (unpaired) electrons. The third-order valence-corrected chi connectivity index (χ3v) is 4.31. The lowest BCUT2D eigenvalue weighted by Crippen LogP contribution is -2.40. The molecule has 148 valence electrons. The van der Waals surface area contributed by atoms with E-state index < -0.39 is 0 Å². The molecule has 8 heteroatoms. The van der Waals surface area contributed by atoms with Crippen LogP contribution in [0.2, 0.25) is 0 Å². The van der Waals surface area contributed by atoms with Crippen molar-refractivity contribution in [1.29, 1.82) is 0 Å². The number of rotatable bonds is 8. The lowest BCUT2D eigenvalue weighted by molar-refractivity contribution is 0.0625. The van der Waals surface area contributed by atoms with Crippen molar-refractivity contribution < 1.29 is 13.9 Å². The summed E-state index contributed by atoms with van der Waals surface area (Å²) < 4.78 is 10.5. The van der Waals surface area contributed by atoms with Crippen LogP contribution >= 0.6 is 24.0 Å². The molecule has 26 heavy (non-hydrogen) atoms. The van der Waals surface area contributed by atoms with Crippen LogP contribution in [0.5, 0.6) is 0 Å². The fraction of sp³-hybridized carbons (Fsp3) is 0.667. The first-order valence-electron chi connectivity index (χ1n) is 9.09. The molecule has 0 spiro atoms. The van der Waals surface area contributed by atoms with Gasteiger partial charge in [0.05, 0.1) is 12.8 Å². The Balaban J connectivity index is 0.00000338. The van der Waals surface area contributed by atoms with Crippen LogP contribution < -0.4 is 10.6 Å². The van der Waals surface area contributed by atoms with E-state index in [0.29, 0.717) is 18.8 Å². The average Bonchev–Trinajstić information content (AvgIpc) is 3.18. The summed E-state index contributed by atoms with van der Waals surface area (Å²) in [5.41, 5.74) is 0. The third-order valence-electron chi connectivity index (χ3n) is 4.31. The van der Waals surface area contributed by atoms with Crippen molar-refractivity contribution in [3.8, 4) is 0 Å². The van der Waals surface area contributed by atoms with Crippen molar-refractivity contribution >= 4 is 35.8 Å². The highest BCUT2D eigenvalue weighted by atomic mass is 127. The fourth-order valence-electron chi connectivity index (χ4n) is 2.81. The number of halogens is 1. The minimum absolute atomic E-state index is 0. The molecule has 0 bridgehead atoms. The van der Waals surface area contributed by atoms with Gasteiger partial charge in [0, 0.05) is 39.9 Å². The number of ether oxygens (including phenoxy) is 1. The molecule has 1 aliphatic rings. The summed E-state index contributed by atoms with van der Waals surface area (Å²) in [6.07, 6.45) is 4.95. The largest absolute Gasteiger partial charge is 0.459 e. The van der Waals surface area contributed by atoms with E-state index in [1.165, 1.54) is 6.26 Å². The predicted molar refractivity (Wildman–Crippen MR) is 113 cm³/mol. The summed E-state index contributed by atoms with van der Waals surface area (Å²) in [4.78, 5) is 18.5. The molecule has 2 N–H and O–H groups in total. The van der Waals surface area contributed by atoms with Gasteiger partial charge in [0.15, 0.2) is 11.7 Å². The van der Waals surface area contributed by atoms with Crippen molar-refractivity contribution in [1.82, 2.24) is 15.5 Å². The highest BCUT2D eigenvalue weighted by molar-refractivity contribution is 14.0. The number of nitrogens with zero attached hydrogens (tertiary/aromatic N) is 2. The quantitative estimate of drug-likeness (QED) is 0.260. The average molecular weight is 478 g/mol. The fourth-order valence-corrected chi connectivity index (χ4v) is 2.81. The molecule has 0 aliphatic carbocycles. The van der Waals surface area contributed by atoms with Gasteiger partial charge in [-0.15, -0.1) is 24.0 Å². The smallest absolute Gasteiger partial charge is 0.287 e. The summed E-state index contributed by atoms with van der Waals surface area (Å²) >= 11 is 0. The molecule has 0 aromatic carbocycles. The number of carbonyl (C=O) groups excluding carboxylic acids is 1. The van der Waals surface area contributed by atoms with Crippen LogP contribution in [0.25, 0.3) is 0 Å². The van der Waals surface area contributed by atoms with Crippen molar-refractivity contribution in [3.63, 3.8) is 0 Å². The molecular formula is C18H31IN4O3. The third kappa shape index (κ3) is 7.94. The number of aliphatic imine (C=N–C) groups is 1. The Labute approximate surface area is 173 Å². The van der Waals surface area contributed by atoms with E-state index in [2.05, 4.69) is 34.5 Å². The van der Waals surface area contributed by atoms with Gasteiger partial charge in [-0.2, -0.15) is 0 Å². The van der Waals surface area contributed by atoms with Gasteiger partial charge in [0.1, 0.15) is 0 Å². The molecule has 2 heterocycles. The molecule has 1 amide bonds. The molecule has 0 unspecified atom stereocenters. The maximum atomic E-state index is 11.8. The second-order valence-corrected chi connectivity index (χ2v) is 6.23. The van der Waals surface area contributed by atoms with Crippen LogP contribution in [0.3, 0.4) is 0 Å². The highest BCUT2D eigenvalue weighted by Crippen LogP contribution is 2.18. The minimum Gasteiger partial charge on any atom is -0.459 e. The first-order valence-corrected chi connectivity index (χ1v) is 9.09. The maximum absolute atomic E-state index is 11.8. The first kappa shape index (κ1) is 22.8. The van der Waals surface area contributed by atoms with Crippen LogP contribution in [0, 0.1) is 5.92 Å². The molecule has 1 fully saturated rings. The van der Waals surface area contributed by atoms with Gasteiger partial charge in [0.2, 0.25) is 0 Å². The zero-order valence-electron chi connectivity index (χ0n) is 15.7. The Morgan fingerprint density at radius 1 is 1.35 bits per heavy atom. The van der Waals surface area contributed by atoms with Gasteiger partial charge in [0.25, 0.3) is 5.91 Å². The molecule has 1 aromatic rings. The summed E-state index contributed by atoms with van der Waals surface area (Å²) in [6.45, 7) is 6.61. The molecule has 2 rings (SSSR count). The van der Waals surface area contributed by atoms with Crippen LogP contribution in [0.4, 0.5) is 0 Å². The molecule has 1 saturated heterocycles. The molecular weight excluding hydrogens is 447 g/mol. The lowest BCUT2D eigenvalue weighted by atomic mass is 9.96. The molecule has 1 aliphatic heterocycles. The van der Waals surface area contributed by atoms with Crippen LogP contribution in [0.15, 0.2) is 27.8 Å². The zero-order valence-corrected chi connectivity index (χ0v) is 18.0. The minimum atomic E-state index is -0.210. The number of furan rings is 1. The van der Waals surface area contributed by atoms with Crippen LogP contribution in [0.1, 0.15) is 36.7 Å². The molecule has 0 saturated carbocycles. The number of carbonyl (C=O) groups is 1. The monoisotopic (exact) mass is 478 g/mol. The number of guanidine groups is 1. The SMILES string of the molecule is CCNC(=NCCNC(=O)c1ccco1)N(C)CCC1CCOCC1.I. The zero-order chi connectivity index (χ0) is 17.9. The van der Waals surface area contributed by atoms with E-state index in [1.807, 2.05) is 0 Å². The van der Waals surface area contributed by atoms with Gasteiger partial charge in [-0.3, -0.25) is 9.79 Å². The van der Waals surface area contributed by atoms with Crippen LogP contribution in [-0.2, 0) is 4.74 Å². The Bertz CT molecular complexity index is 531. The van der Waals surface area contributed by atoms with E-state index in [9.17, 15) is 4.79 Å². The summed E-state index contributed by atoms with van der Waals surface area (Å²) in [5, 5.41) is 6.11. The van der Waals surface area contributed by atoms with E-state index in [1.54, 1.807) is 12.1 Å². The van der Waals surface area contributed by atoms with E-state index >= 15 is 0 Å². The number of amides is 1. The van der Waals surface area contributed by atoms with Crippen molar-refractivity contribution in [2.45, 2.75) is 26.2 Å². The standard InChI is InChI=1S/C18H30N4O3.HI/c1-3-19-18(22(2)11-6-15-7-13-24-14-8-15)21-10-9-20-17(23)16-5-4-12-25-16;/h4-5,12,15H,3,6-11,13-14H2,1-2H3,(H,19,21)(H,20,23);1H. The van der Waals surface area contributed by atoms with Crippen molar-refractivity contribution in [3.05, 3.63) is 24.2 Å². The number of hydrogen-bond donors (Lipinski definition) is 2. The number of hydrogen-bond acceptors (Lipinski definition) is 4. The van der Waals surface area contributed by atoms with Gasteiger partial charge in [-0.25, -0.2) is 0 Å².